The Morgan fingerprint density at radius 1 is 1.67 bits per heavy atom. The Hall–Kier alpha value is -0.480. The topological polar surface area (TPSA) is 50.4 Å². The summed E-state index contributed by atoms with van der Waals surface area (Å²) in [6.45, 7) is 3.71. The molecule has 0 bridgehead atoms. The second kappa shape index (κ2) is 3.11. The quantitative estimate of drug-likeness (QED) is 0.579. The first kappa shape index (κ1) is 9.61. The summed E-state index contributed by atoms with van der Waals surface area (Å²) in [5, 5.41) is 5.94. The Bertz CT molecular complexity index is 192. The molecule has 2 aliphatic heterocycles. The molecule has 2 saturated heterocycles. The lowest BCUT2D eigenvalue weighted by Gasteiger charge is -2.23. The minimum absolute atomic E-state index is 0. The van der Waals surface area contributed by atoms with E-state index in [2.05, 4.69) is 10.6 Å². The fraction of sp³-hybridized carbons (Fsp3) is 0.857. The molecular formula is C7H13ClN2O2. The van der Waals surface area contributed by atoms with Crippen LogP contribution in [0, 0.1) is 0 Å². The molecule has 0 aromatic rings. The zero-order valence-electron chi connectivity index (χ0n) is 6.92. The van der Waals surface area contributed by atoms with Gasteiger partial charge in [-0.25, -0.2) is 4.79 Å². The monoisotopic (exact) mass is 192 g/mol. The van der Waals surface area contributed by atoms with Crippen molar-refractivity contribution in [2.45, 2.75) is 25.0 Å². The summed E-state index contributed by atoms with van der Waals surface area (Å²) in [4.78, 5) is 10.9. The van der Waals surface area contributed by atoms with Crippen molar-refractivity contribution in [1.29, 1.82) is 0 Å². The van der Waals surface area contributed by atoms with E-state index in [4.69, 9.17) is 4.74 Å². The van der Waals surface area contributed by atoms with E-state index < -0.39 is 0 Å². The van der Waals surface area contributed by atoms with Crippen LogP contribution >= 0.6 is 12.4 Å². The molecule has 0 aromatic heterocycles. The van der Waals surface area contributed by atoms with Crippen molar-refractivity contribution < 1.29 is 9.53 Å². The molecular weight excluding hydrogens is 180 g/mol. The summed E-state index contributed by atoms with van der Waals surface area (Å²) in [6.07, 6.45) is 0.647. The number of hydrogen-bond acceptors (Lipinski definition) is 3. The average Bonchev–Trinajstić information content (AvgIpc) is 2.45. The van der Waals surface area contributed by atoms with Crippen LogP contribution in [0.15, 0.2) is 0 Å². The standard InChI is InChI=1S/C7H12N2O2.ClH/c1-5-7(2-3-8-4-7)11-6(10)9-5;/h5,8H,2-4H2,1H3,(H,9,10);1H. The number of ether oxygens (including phenoxy) is 1. The lowest BCUT2D eigenvalue weighted by Crippen LogP contribution is -2.43. The summed E-state index contributed by atoms with van der Waals surface area (Å²) >= 11 is 0. The fourth-order valence-electron chi connectivity index (χ4n) is 1.76. The number of rotatable bonds is 0. The molecule has 0 aromatic carbocycles. The number of alkyl carbamates (subject to hydrolysis) is 1. The summed E-state index contributed by atoms with van der Waals surface area (Å²) < 4.78 is 5.21. The highest BCUT2D eigenvalue weighted by molar-refractivity contribution is 5.85. The molecule has 2 N–H and O–H groups in total. The van der Waals surface area contributed by atoms with Crippen LogP contribution in [0.3, 0.4) is 0 Å². The van der Waals surface area contributed by atoms with Gasteiger partial charge in [0.1, 0.15) is 5.60 Å². The number of amides is 1. The number of nitrogens with one attached hydrogen (secondary N) is 2. The zero-order valence-corrected chi connectivity index (χ0v) is 7.74. The van der Waals surface area contributed by atoms with Gasteiger partial charge in [-0.05, 0) is 13.5 Å². The molecule has 2 fully saturated rings. The van der Waals surface area contributed by atoms with Gasteiger partial charge in [0.2, 0.25) is 0 Å². The summed E-state index contributed by atoms with van der Waals surface area (Å²) in [5.74, 6) is 0. The first-order chi connectivity index (χ1) is 5.23. The fourth-order valence-corrected chi connectivity index (χ4v) is 1.76. The van der Waals surface area contributed by atoms with Gasteiger partial charge < -0.3 is 15.4 Å². The maximum Gasteiger partial charge on any atom is 0.408 e. The van der Waals surface area contributed by atoms with E-state index >= 15 is 0 Å². The molecule has 2 aliphatic rings. The SMILES string of the molecule is CC1NC(=O)OC12CCNC2.Cl. The molecule has 1 amide bonds. The second-order valence-corrected chi connectivity index (χ2v) is 3.25. The van der Waals surface area contributed by atoms with Crippen LogP contribution in [0.25, 0.3) is 0 Å². The summed E-state index contributed by atoms with van der Waals surface area (Å²) in [7, 11) is 0. The molecule has 2 rings (SSSR count). The van der Waals surface area contributed by atoms with Crippen LogP contribution in [0.2, 0.25) is 0 Å². The van der Waals surface area contributed by atoms with Gasteiger partial charge in [-0.3, -0.25) is 0 Å². The van der Waals surface area contributed by atoms with E-state index in [1.54, 1.807) is 0 Å². The molecule has 0 saturated carbocycles. The lowest BCUT2D eigenvalue weighted by atomic mass is 9.96. The van der Waals surface area contributed by atoms with Crippen molar-refractivity contribution in [3.05, 3.63) is 0 Å². The van der Waals surface area contributed by atoms with E-state index in [1.807, 2.05) is 6.92 Å². The third-order valence-electron chi connectivity index (χ3n) is 2.57. The Labute approximate surface area is 77.4 Å². The van der Waals surface area contributed by atoms with Crippen LogP contribution in [-0.4, -0.2) is 30.8 Å². The number of halogens is 1. The number of hydrogen-bond donors (Lipinski definition) is 2. The van der Waals surface area contributed by atoms with Gasteiger partial charge >= 0.3 is 6.09 Å². The van der Waals surface area contributed by atoms with Crippen LogP contribution in [0.4, 0.5) is 4.79 Å². The highest BCUT2D eigenvalue weighted by Gasteiger charge is 2.48. The third-order valence-corrected chi connectivity index (χ3v) is 2.57. The minimum atomic E-state index is -0.277. The van der Waals surface area contributed by atoms with Crippen molar-refractivity contribution in [2.75, 3.05) is 13.1 Å². The van der Waals surface area contributed by atoms with Gasteiger partial charge in [-0.1, -0.05) is 0 Å². The number of carbonyl (C=O) groups excluding carboxylic acids is 1. The predicted octanol–water partition coefficient (Wildman–Crippen LogP) is 0.269. The Kier molecular flexibility index (Phi) is 2.49. The van der Waals surface area contributed by atoms with Gasteiger partial charge in [-0.2, -0.15) is 0 Å². The van der Waals surface area contributed by atoms with Gasteiger partial charge in [0.05, 0.1) is 6.04 Å². The molecule has 4 nitrogen and oxygen atoms in total. The minimum Gasteiger partial charge on any atom is -0.439 e. The highest BCUT2D eigenvalue weighted by atomic mass is 35.5. The second-order valence-electron chi connectivity index (χ2n) is 3.25. The van der Waals surface area contributed by atoms with E-state index in [9.17, 15) is 4.79 Å². The van der Waals surface area contributed by atoms with Crippen molar-refractivity contribution in [2.24, 2.45) is 0 Å². The normalized spacial score (nSPS) is 39.1. The molecule has 0 radical (unpaired) electrons. The smallest absolute Gasteiger partial charge is 0.408 e. The van der Waals surface area contributed by atoms with Crippen molar-refractivity contribution in [1.82, 2.24) is 10.6 Å². The Morgan fingerprint density at radius 2 is 2.42 bits per heavy atom. The van der Waals surface area contributed by atoms with E-state index in [0.29, 0.717) is 0 Å². The maximum atomic E-state index is 10.9. The molecule has 70 valence electrons. The molecule has 5 heteroatoms. The van der Waals surface area contributed by atoms with E-state index in [1.165, 1.54) is 0 Å². The van der Waals surface area contributed by atoms with Crippen molar-refractivity contribution in [3.8, 4) is 0 Å². The Balaban J connectivity index is 0.000000720. The largest absolute Gasteiger partial charge is 0.439 e. The first-order valence-electron chi connectivity index (χ1n) is 3.93. The molecule has 2 unspecified atom stereocenters. The molecule has 12 heavy (non-hydrogen) atoms. The van der Waals surface area contributed by atoms with Gasteiger partial charge in [-0.15, -0.1) is 12.4 Å². The van der Waals surface area contributed by atoms with Gasteiger partial charge in [0, 0.05) is 13.0 Å². The first-order valence-corrected chi connectivity index (χ1v) is 3.93. The third kappa shape index (κ3) is 1.25. The zero-order chi connectivity index (χ0) is 7.90. The average molecular weight is 193 g/mol. The van der Waals surface area contributed by atoms with Gasteiger partial charge in [0.25, 0.3) is 0 Å². The highest BCUT2D eigenvalue weighted by Crippen LogP contribution is 2.28. The molecule has 2 heterocycles. The maximum absolute atomic E-state index is 10.9. The van der Waals surface area contributed by atoms with E-state index in [-0.39, 0.29) is 30.1 Å². The van der Waals surface area contributed by atoms with Crippen molar-refractivity contribution in [3.63, 3.8) is 0 Å². The lowest BCUT2D eigenvalue weighted by molar-refractivity contribution is 0.0569. The van der Waals surface area contributed by atoms with Crippen LogP contribution in [0.5, 0.6) is 0 Å². The molecule has 2 atom stereocenters. The molecule has 0 aliphatic carbocycles. The Morgan fingerprint density at radius 3 is 2.83 bits per heavy atom. The van der Waals surface area contributed by atoms with Crippen molar-refractivity contribution >= 4 is 18.5 Å². The summed E-state index contributed by atoms with van der Waals surface area (Å²) in [6, 6.07) is 0.144. The van der Waals surface area contributed by atoms with Gasteiger partial charge in [0.15, 0.2) is 0 Å². The van der Waals surface area contributed by atoms with Crippen LogP contribution < -0.4 is 10.6 Å². The van der Waals surface area contributed by atoms with E-state index in [0.717, 1.165) is 19.5 Å². The predicted molar refractivity (Wildman–Crippen MR) is 46.5 cm³/mol. The summed E-state index contributed by atoms with van der Waals surface area (Å²) in [5.41, 5.74) is -0.253. The molecule has 1 spiro atoms. The number of carbonyl (C=O) groups is 1. The van der Waals surface area contributed by atoms with Crippen LogP contribution in [0.1, 0.15) is 13.3 Å². The van der Waals surface area contributed by atoms with Crippen LogP contribution in [-0.2, 0) is 4.74 Å².